The van der Waals surface area contributed by atoms with Gasteiger partial charge in [-0.1, -0.05) is 6.92 Å². The molecule has 0 amide bonds. The van der Waals surface area contributed by atoms with Crippen molar-refractivity contribution < 1.29 is 0 Å². The predicted octanol–water partition coefficient (Wildman–Crippen LogP) is 2.82. The maximum absolute atomic E-state index is 4.19. The molecule has 2 nitrogen and oxygen atoms in total. The Labute approximate surface area is 76.9 Å². The van der Waals surface area contributed by atoms with Crippen LogP contribution in [-0.2, 0) is 6.54 Å². The van der Waals surface area contributed by atoms with Crippen molar-refractivity contribution in [2.24, 2.45) is 0 Å². The van der Waals surface area contributed by atoms with Crippen molar-refractivity contribution in [1.29, 1.82) is 0 Å². The van der Waals surface area contributed by atoms with Gasteiger partial charge in [0.05, 0.1) is 0 Å². The first-order valence-electron chi connectivity index (χ1n) is 3.13. The highest BCUT2D eigenvalue weighted by Gasteiger charge is 1.99. The van der Waals surface area contributed by atoms with E-state index in [0.29, 0.717) is 0 Å². The van der Waals surface area contributed by atoms with Crippen LogP contribution >= 0.6 is 31.9 Å². The zero-order valence-electron chi connectivity index (χ0n) is 5.64. The van der Waals surface area contributed by atoms with Gasteiger partial charge in [0.15, 0.2) is 0 Å². The Morgan fingerprint density at radius 1 is 1.60 bits per heavy atom. The Morgan fingerprint density at radius 3 is 2.70 bits per heavy atom. The minimum Gasteiger partial charge on any atom is -0.257 e. The SMILES string of the molecule is CCCn1nc(Br)cc1Br. The fourth-order valence-corrected chi connectivity index (χ4v) is 1.92. The molecule has 0 fully saturated rings. The molecule has 0 N–H and O–H groups in total. The van der Waals surface area contributed by atoms with Crippen molar-refractivity contribution in [3.8, 4) is 0 Å². The molecule has 0 bridgehead atoms. The summed E-state index contributed by atoms with van der Waals surface area (Å²) in [5, 5.41) is 4.19. The van der Waals surface area contributed by atoms with Crippen LogP contribution < -0.4 is 0 Å². The second-order valence-corrected chi connectivity index (χ2v) is 3.64. The summed E-state index contributed by atoms with van der Waals surface area (Å²) >= 11 is 6.68. The molecule has 0 spiro atoms. The molecule has 0 atom stereocenters. The maximum Gasteiger partial charge on any atom is 0.129 e. The number of halogens is 2. The smallest absolute Gasteiger partial charge is 0.129 e. The normalized spacial score (nSPS) is 10.3. The molecule has 0 aromatic carbocycles. The monoisotopic (exact) mass is 266 g/mol. The molecule has 0 aliphatic heterocycles. The lowest BCUT2D eigenvalue weighted by Gasteiger charge is -1.97. The van der Waals surface area contributed by atoms with Crippen LogP contribution in [0, 0.1) is 0 Å². The van der Waals surface area contributed by atoms with Gasteiger partial charge in [0.25, 0.3) is 0 Å². The average Bonchev–Trinajstić information content (AvgIpc) is 2.13. The Kier molecular flexibility index (Phi) is 2.92. The van der Waals surface area contributed by atoms with E-state index in [1.807, 2.05) is 10.7 Å². The van der Waals surface area contributed by atoms with Crippen molar-refractivity contribution in [2.75, 3.05) is 0 Å². The fraction of sp³-hybridized carbons (Fsp3) is 0.500. The largest absolute Gasteiger partial charge is 0.257 e. The van der Waals surface area contributed by atoms with E-state index in [-0.39, 0.29) is 0 Å². The summed E-state index contributed by atoms with van der Waals surface area (Å²) in [5.41, 5.74) is 0. The molecule has 0 aliphatic carbocycles. The number of aryl methyl sites for hydroxylation is 1. The van der Waals surface area contributed by atoms with Gasteiger partial charge in [-0.25, -0.2) is 0 Å². The predicted molar refractivity (Wildman–Crippen MR) is 47.9 cm³/mol. The molecule has 1 heterocycles. The van der Waals surface area contributed by atoms with Crippen molar-refractivity contribution >= 4 is 31.9 Å². The highest BCUT2D eigenvalue weighted by molar-refractivity contribution is 9.11. The lowest BCUT2D eigenvalue weighted by Crippen LogP contribution is -1.98. The first kappa shape index (κ1) is 8.27. The molecule has 1 aromatic rings. The van der Waals surface area contributed by atoms with Gasteiger partial charge in [-0.3, -0.25) is 4.68 Å². The summed E-state index contributed by atoms with van der Waals surface area (Å²) in [5.74, 6) is 0. The molecule has 56 valence electrons. The summed E-state index contributed by atoms with van der Waals surface area (Å²) in [6, 6.07) is 1.94. The minimum absolute atomic E-state index is 0.882. The molecule has 0 saturated heterocycles. The summed E-state index contributed by atoms with van der Waals surface area (Å²) in [4.78, 5) is 0. The van der Waals surface area contributed by atoms with Crippen molar-refractivity contribution in [3.05, 3.63) is 15.3 Å². The van der Waals surface area contributed by atoms with Gasteiger partial charge in [0.2, 0.25) is 0 Å². The lowest BCUT2D eigenvalue weighted by molar-refractivity contribution is 0.588. The van der Waals surface area contributed by atoms with Gasteiger partial charge >= 0.3 is 0 Å². The fourth-order valence-electron chi connectivity index (χ4n) is 0.733. The second kappa shape index (κ2) is 3.53. The highest BCUT2D eigenvalue weighted by atomic mass is 79.9. The third-order valence-corrected chi connectivity index (χ3v) is 2.16. The van der Waals surface area contributed by atoms with E-state index in [9.17, 15) is 0 Å². The van der Waals surface area contributed by atoms with E-state index in [1.165, 1.54) is 0 Å². The van der Waals surface area contributed by atoms with E-state index >= 15 is 0 Å². The second-order valence-electron chi connectivity index (χ2n) is 2.01. The Hall–Kier alpha value is 0.170. The molecule has 10 heavy (non-hydrogen) atoms. The Balaban J connectivity index is 2.81. The quantitative estimate of drug-likeness (QED) is 0.806. The van der Waals surface area contributed by atoms with Gasteiger partial charge in [-0.05, 0) is 38.3 Å². The first-order chi connectivity index (χ1) is 4.74. The van der Waals surface area contributed by atoms with Crippen molar-refractivity contribution in [1.82, 2.24) is 9.78 Å². The standard InChI is InChI=1S/C6H8Br2N2/c1-2-3-10-6(8)4-5(7)9-10/h4H,2-3H2,1H3. The van der Waals surface area contributed by atoms with Crippen LogP contribution in [0.2, 0.25) is 0 Å². The van der Waals surface area contributed by atoms with Gasteiger partial charge in [0, 0.05) is 12.6 Å². The average molecular weight is 268 g/mol. The van der Waals surface area contributed by atoms with Crippen LogP contribution in [0.1, 0.15) is 13.3 Å². The maximum atomic E-state index is 4.19. The number of rotatable bonds is 2. The van der Waals surface area contributed by atoms with Gasteiger partial charge in [-0.15, -0.1) is 0 Å². The van der Waals surface area contributed by atoms with Gasteiger partial charge in [-0.2, -0.15) is 5.10 Å². The summed E-state index contributed by atoms with van der Waals surface area (Å²) in [6.45, 7) is 3.09. The number of hydrogen-bond acceptors (Lipinski definition) is 1. The topological polar surface area (TPSA) is 17.8 Å². The number of aromatic nitrogens is 2. The lowest BCUT2D eigenvalue weighted by atomic mass is 10.5. The molecule has 1 rings (SSSR count). The van der Waals surface area contributed by atoms with Crippen LogP contribution in [0.4, 0.5) is 0 Å². The molecule has 0 radical (unpaired) electrons. The number of hydrogen-bond donors (Lipinski definition) is 0. The molecule has 0 saturated carbocycles. The Morgan fingerprint density at radius 2 is 2.30 bits per heavy atom. The number of nitrogens with zero attached hydrogens (tertiary/aromatic N) is 2. The van der Waals surface area contributed by atoms with Gasteiger partial charge < -0.3 is 0 Å². The summed E-state index contributed by atoms with van der Waals surface area (Å²) in [7, 11) is 0. The molecule has 0 unspecified atom stereocenters. The van der Waals surface area contributed by atoms with E-state index in [1.54, 1.807) is 0 Å². The highest BCUT2D eigenvalue weighted by Crippen LogP contribution is 2.16. The third-order valence-electron chi connectivity index (χ3n) is 1.14. The zero-order chi connectivity index (χ0) is 7.56. The molecule has 4 heteroatoms. The van der Waals surface area contributed by atoms with Crippen LogP contribution in [0.3, 0.4) is 0 Å². The van der Waals surface area contributed by atoms with E-state index in [4.69, 9.17) is 0 Å². The van der Waals surface area contributed by atoms with E-state index in [2.05, 4.69) is 43.9 Å². The first-order valence-corrected chi connectivity index (χ1v) is 4.71. The van der Waals surface area contributed by atoms with Gasteiger partial charge in [0.1, 0.15) is 9.21 Å². The van der Waals surface area contributed by atoms with Crippen molar-refractivity contribution in [2.45, 2.75) is 19.9 Å². The third kappa shape index (κ3) is 1.83. The van der Waals surface area contributed by atoms with Crippen LogP contribution in [0.25, 0.3) is 0 Å². The van der Waals surface area contributed by atoms with E-state index in [0.717, 1.165) is 22.2 Å². The van der Waals surface area contributed by atoms with Crippen LogP contribution in [-0.4, -0.2) is 9.78 Å². The summed E-state index contributed by atoms with van der Waals surface area (Å²) in [6.07, 6.45) is 1.10. The van der Waals surface area contributed by atoms with Crippen molar-refractivity contribution in [3.63, 3.8) is 0 Å². The van der Waals surface area contributed by atoms with Crippen LogP contribution in [0.15, 0.2) is 15.3 Å². The van der Waals surface area contributed by atoms with E-state index < -0.39 is 0 Å². The van der Waals surface area contributed by atoms with Crippen LogP contribution in [0.5, 0.6) is 0 Å². The zero-order valence-corrected chi connectivity index (χ0v) is 8.81. The minimum atomic E-state index is 0.882. The molecular weight excluding hydrogens is 260 g/mol. The Bertz CT molecular complexity index is 220. The molecule has 0 aliphatic rings. The molecule has 1 aromatic heterocycles. The summed E-state index contributed by atoms with van der Waals surface area (Å²) < 4.78 is 3.83. The molecular formula is C6H8Br2N2.